The topological polar surface area (TPSA) is 55.1 Å². The van der Waals surface area contributed by atoms with Crippen molar-refractivity contribution in [3.05, 3.63) is 0 Å². The van der Waals surface area contributed by atoms with Crippen LogP contribution < -0.4 is 11.1 Å². The molecule has 0 spiro atoms. The Labute approximate surface area is 68.3 Å². The van der Waals surface area contributed by atoms with Gasteiger partial charge in [0.05, 0.1) is 0 Å². The van der Waals surface area contributed by atoms with E-state index in [9.17, 15) is 4.79 Å². The first-order valence-corrected chi connectivity index (χ1v) is 4.04. The van der Waals surface area contributed by atoms with E-state index in [2.05, 4.69) is 19.2 Å². The lowest BCUT2D eigenvalue weighted by Gasteiger charge is -2.08. The van der Waals surface area contributed by atoms with Gasteiger partial charge in [0.15, 0.2) is 0 Å². The van der Waals surface area contributed by atoms with Gasteiger partial charge in [-0.15, -0.1) is 0 Å². The van der Waals surface area contributed by atoms with Gasteiger partial charge in [0.25, 0.3) is 0 Å². The maximum Gasteiger partial charge on any atom is 0.221 e. The average molecular weight is 158 g/mol. The largest absolute Gasteiger partial charge is 0.356 e. The molecule has 66 valence electrons. The van der Waals surface area contributed by atoms with Gasteiger partial charge in [-0.2, -0.15) is 0 Å². The Hall–Kier alpha value is -0.570. The minimum atomic E-state index is -0.0397. The Morgan fingerprint density at radius 2 is 2.00 bits per heavy atom. The van der Waals surface area contributed by atoms with E-state index >= 15 is 0 Å². The molecule has 0 aromatic carbocycles. The Balaban J connectivity index is 3.38. The summed E-state index contributed by atoms with van der Waals surface area (Å²) in [5.41, 5.74) is 5.44. The SMILES string of the molecule is CC(C)CNC(=O)C[C@H](C)N. The molecule has 0 heterocycles. The van der Waals surface area contributed by atoms with Crippen LogP contribution in [0.1, 0.15) is 27.2 Å². The van der Waals surface area contributed by atoms with E-state index in [-0.39, 0.29) is 11.9 Å². The monoisotopic (exact) mass is 158 g/mol. The van der Waals surface area contributed by atoms with Gasteiger partial charge < -0.3 is 11.1 Å². The second-order valence-corrected chi connectivity index (χ2v) is 3.38. The summed E-state index contributed by atoms with van der Waals surface area (Å²) in [6.07, 6.45) is 0.423. The van der Waals surface area contributed by atoms with Crippen LogP contribution in [-0.2, 0) is 4.79 Å². The summed E-state index contributed by atoms with van der Waals surface area (Å²) < 4.78 is 0. The molecule has 3 N–H and O–H groups in total. The average Bonchev–Trinajstić information content (AvgIpc) is 1.82. The highest BCUT2D eigenvalue weighted by atomic mass is 16.1. The van der Waals surface area contributed by atoms with Crippen LogP contribution in [0.5, 0.6) is 0 Å². The lowest BCUT2D eigenvalue weighted by molar-refractivity contribution is -0.121. The van der Waals surface area contributed by atoms with Gasteiger partial charge in [0.2, 0.25) is 5.91 Å². The van der Waals surface area contributed by atoms with Crippen LogP contribution in [0.4, 0.5) is 0 Å². The fourth-order valence-corrected chi connectivity index (χ4v) is 0.683. The summed E-state index contributed by atoms with van der Waals surface area (Å²) in [5.74, 6) is 0.556. The molecule has 0 aliphatic carbocycles. The molecule has 11 heavy (non-hydrogen) atoms. The van der Waals surface area contributed by atoms with E-state index in [0.29, 0.717) is 12.3 Å². The predicted molar refractivity (Wildman–Crippen MR) is 46.1 cm³/mol. The number of amides is 1. The fraction of sp³-hybridized carbons (Fsp3) is 0.875. The van der Waals surface area contributed by atoms with Gasteiger partial charge in [-0.05, 0) is 12.8 Å². The van der Waals surface area contributed by atoms with Crippen molar-refractivity contribution in [2.75, 3.05) is 6.54 Å². The van der Waals surface area contributed by atoms with Gasteiger partial charge in [-0.25, -0.2) is 0 Å². The van der Waals surface area contributed by atoms with Crippen LogP contribution in [0.3, 0.4) is 0 Å². The Bertz CT molecular complexity index is 121. The molecule has 0 aromatic rings. The van der Waals surface area contributed by atoms with Crippen LogP contribution >= 0.6 is 0 Å². The maximum absolute atomic E-state index is 11.0. The van der Waals surface area contributed by atoms with E-state index in [4.69, 9.17) is 5.73 Å². The molecule has 0 aromatic heterocycles. The summed E-state index contributed by atoms with van der Waals surface area (Å²) in [5, 5.41) is 2.79. The molecule has 0 saturated heterocycles. The van der Waals surface area contributed by atoms with Crippen LogP contribution in [0.15, 0.2) is 0 Å². The number of nitrogens with two attached hydrogens (primary N) is 1. The Morgan fingerprint density at radius 3 is 2.36 bits per heavy atom. The van der Waals surface area contributed by atoms with Crippen molar-refractivity contribution in [1.29, 1.82) is 0 Å². The molecular weight excluding hydrogens is 140 g/mol. The van der Waals surface area contributed by atoms with E-state index in [1.165, 1.54) is 0 Å². The summed E-state index contributed by atoms with van der Waals surface area (Å²) in [7, 11) is 0. The minimum absolute atomic E-state index is 0.0397. The number of carbonyl (C=O) groups is 1. The Morgan fingerprint density at radius 1 is 1.45 bits per heavy atom. The zero-order valence-corrected chi connectivity index (χ0v) is 7.55. The number of hydrogen-bond acceptors (Lipinski definition) is 2. The molecule has 0 aliphatic heterocycles. The zero-order valence-electron chi connectivity index (χ0n) is 7.55. The van der Waals surface area contributed by atoms with Crippen molar-refractivity contribution in [1.82, 2.24) is 5.32 Å². The highest BCUT2D eigenvalue weighted by Crippen LogP contribution is 1.89. The first-order chi connectivity index (χ1) is 5.02. The van der Waals surface area contributed by atoms with Gasteiger partial charge in [0, 0.05) is 19.0 Å². The molecule has 0 saturated carbocycles. The molecule has 0 fully saturated rings. The second-order valence-electron chi connectivity index (χ2n) is 3.38. The third-order valence-corrected chi connectivity index (χ3v) is 1.21. The van der Waals surface area contributed by atoms with Crippen LogP contribution in [0.25, 0.3) is 0 Å². The third-order valence-electron chi connectivity index (χ3n) is 1.21. The van der Waals surface area contributed by atoms with Gasteiger partial charge in [0.1, 0.15) is 0 Å². The predicted octanol–water partition coefficient (Wildman–Crippen LogP) is 0.496. The molecule has 0 rings (SSSR count). The van der Waals surface area contributed by atoms with Crippen molar-refractivity contribution in [2.45, 2.75) is 33.2 Å². The fourth-order valence-electron chi connectivity index (χ4n) is 0.683. The molecule has 0 aliphatic rings. The first kappa shape index (κ1) is 10.4. The van der Waals surface area contributed by atoms with Crippen LogP contribution in [0.2, 0.25) is 0 Å². The molecule has 3 heteroatoms. The number of hydrogen-bond donors (Lipinski definition) is 2. The quantitative estimate of drug-likeness (QED) is 0.626. The lowest BCUT2D eigenvalue weighted by atomic mass is 10.2. The first-order valence-electron chi connectivity index (χ1n) is 4.04. The molecule has 1 amide bonds. The van der Waals surface area contributed by atoms with Gasteiger partial charge in [-0.1, -0.05) is 13.8 Å². The molecule has 0 bridgehead atoms. The normalized spacial score (nSPS) is 13.2. The van der Waals surface area contributed by atoms with E-state index in [0.717, 1.165) is 6.54 Å². The molecule has 3 nitrogen and oxygen atoms in total. The van der Waals surface area contributed by atoms with Crippen molar-refractivity contribution in [3.8, 4) is 0 Å². The molecular formula is C8H18N2O. The van der Waals surface area contributed by atoms with Gasteiger partial charge in [-0.3, -0.25) is 4.79 Å². The second kappa shape index (κ2) is 5.13. The molecule has 0 unspecified atom stereocenters. The summed E-state index contributed by atoms with van der Waals surface area (Å²) in [6.45, 7) is 6.69. The Kier molecular flexibility index (Phi) is 4.86. The molecule has 0 radical (unpaired) electrons. The smallest absolute Gasteiger partial charge is 0.221 e. The van der Waals surface area contributed by atoms with Crippen molar-refractivity contribution < 1.29 is 4.79 Å². The molecule has 1 atom stereocenters. The van der Waals surface area contributed by atoms with Crippen molar-refractivity contribution >= 4 is 5.91 Å². The van der Waals surface area contributed by atoms with Crippen molar-refractivity contribution in [3.63, 3.8) is 0 Å². The standard InChI is InChI=1S/C8H18N2O/c1-6(2)5-10-8(11)4-7(3)9/h6-7H,4-5,9H2,1-3H3,(H,10,11)/t7-/m0/s1. The van der Waals surface area contributed by atoms with Gasteiger partial charge >= 0.3 is 0 Å². The zero-order chi connectivity index (χ0) is 8.85. The lowest BCUT2D eigenvalue weighted by Crippen LogP contribution is -2.32. The van der Waals surface area contributed by atoms with Crippen LogP contribution in [0, 0.1) is 5.92 Å². The minimum Gasteiger partial charge on any atom is -0.356 e. The highest BCUT2D eigenvalue weighted by molar-refractivity contribution is 5.76. The summed E-state index contributed by atoms with van der Waals surface area (Å²) in [4.78, 5) is 11.0. The van der Waals surface area contributed by atoms with Crippen LogP contribution in [-0.4, -0.2) is 18.5 Å². The third kappa shape index (κ3) is 7.33. The van der Waals surface area contributed by atoms with E-state index in [1.54, 1.807) is 0 Å². The van der Waals surface area contributed by atoms with E-state index in [1.807, 2.05) is 6.92 Å². The number of rotatable bonds is 4. The summed E-state index contributed by atoms with van der Waals surface area (Å²) >= 11 is 0. The maximum atomic E-state index is 11.0. The number of nitrogens with one attached hydrogen (secondary N) is 1. The summed E-state index contributed by atoms with van der Waals surface area (Å²) in [6, 6.07) is -0.0397. The van der Waals surface area contributed by atoms with E-state index < -0.39 is 0 Å². The van der Waals surface area contributed by atoms with Crippen molar-refractivity contribution in [2.24, 2.45) is 11.7 Å². The number of carbonyl (C=O) groups excluding carboxylic acids is 1. The highest BCUT2D eigenvalue weighted by Gasteiger charge is 2.04.